The number of fused-ring (bicyclic) bond motifs is 2. The highest BCUT2D eigenvalue weighted by atomic mass is 16.6. The van der Waals surface area contributed by atoms with Crippen LogP contribution in [0, 0.1) is 23.7 Å². The van der Waals surface area contributed by atoms with E-state index in [1.54, 1.807) is 0 Å². The first-order valence-corrected chi connectivity index (χ1v) is 8.32. The Labute approximate surface area is 117 Å². The molecule has 0 aromatic rings. The summed E-state index contributed by atoms with van der Waals surface area (Å²) >= 11 is 0. The van der Waals surface area contributed by atoms with Gasteiger partial charge in [0.1, 0.15) is 5.60 Å². The predicted molar refractivity (Wildman–Crippen MR) is 75.7 cm³/mol. The Morgan fingerprint density at radius 3 is 2.47 bits per heavy atom. The molecule has 0 aromatic heterocycles. The summed E-state index contributed by atoms with van der Waals surface area (Å²) in [6.45, 7) is 4.47. The smallest absolute Gasteiger partial charge is 0.310 e. The third kappa shape index (κ3) is 2.55. The van der Waals surface area contributed by atoms with Crippen molar-refractivity contribution in [3.63, 3.8) is 0 Å². The van der Waals surface area contributed by atoms with Gasteiger partial charge < -0.3 is 4.74 Å². The van der Waals surface area contributed by atoms with Gasteiger partial charge in [-0.1, -0.05) is 26.7 Å². The normalized spacial score (nSPS) is 46.0. The third-order valence-electron chi connectivity index (χ3n) is 6.05. The van der Waals surface area contributed by atoms with E-state index in [9.17, 15) is 4.79 Å². The maximum atomic E-state index is 12.6. The quantitative estimate of drug-likeness (QED) is 0.694. The number of hydrogen-bond donors (Lipinski definition) is 0. The standard InChI is InChI=1S/C17H28O2/c1-12-5-3-6-13(2)15(12)16(18)19-17-9-4-7-14(11-17)8-10-17/h12-15H,3-11H2,1-2H3. The van der Waals surface area contributed by atoms with Gasteiger partial charge in [-0.25, -0.2) is 0 Å². The van der Waals surface area contributed by atoms with Crippen molar-refractivity contribution in [1.29, 1.82) is 0 Å². The van der Waals surface area contributed by atoms with Crippen molar-refractivity contribution in [3.05, 3.63) is 0 Å². The molecule has 3 aliphatic carbocycles. The molecule has 3 aliphatic rings. The van der Waals surface area contributed by atoms with Crippen molar-refractivity contribution in [3.8, 4) is 0 Å². The molecule has 2 bridgehead atoms. The average Bonchev–Trinajstić information content (AvgIpc) is 2.64. The molecule has 3 rings (SSSR count). The van der Waals surface area contributed by atoms with Crippen LogP contribution in [0.3, 0.4) is 0 Å². The summed E-state index contributed by atoms with van der Waals surface area (Å²) in [4.78, 5) is 12.6. The van der Waals surface area contributed by atoms with Crippen molar-refractivity contribution < 1.29 is 9.53 Å². The fourth-order valence-electron chi connectivity index (χ4n) is 4.96. The molecule has 0 aliphatic heterocycles. The highest BCUT2D eigenvalue weighted by molar-refractivity contribution is 5.73. The Bertz CT molecular complexity index is 337. The number of rotatable bonds is 2. The van der Waals surface area contributed by atoms with Gasteiger partial charge in [0.25, 0.3) is 0 Å². The van der Waals surface area contributed by atoms with E-state index in [1.165, 1.54) is 38.5 Å². The van der Waals surface area contributed by atoms with Crippen LogP contribution < -0.4 is 0 Å². The van der Waals surface area contributed by atoms with Crippen LogP contribution >= 0.6 is 0 Å². The predicted octanol–water partition coefficient (Wildman–Crippen LogP) is 4.32. The number of ether oxygens (including phenoxy) is 1. The maximum Gasteiger partial charge on any atom is 0.310 e. The van der Waals surface area contributed by atoms with Crippen LogP contribution in [-0.2, 0) is 9.53 Å². The van der Waals surface area contributed by atoms with E-state index in [2.05, 4.69) is 13.8 Å². The van der Waals surface area contributed by atoms with Crippen molar-refractivity contribution in [2.24, 2.45) is 23.7 Å². The van der Waals surface area contributed by atoms with E-state index < -0.39 is 0 Å². The van der Waals surface area contributed by atoms with E-state index in [4.69, 9.17) is 4.74 Å². The molecule has 0 aromatic carbocycles. The van der Waals surface area contributed by atoms with Crippen molar-refractivity contribution in [1.82, 2.24) is 0 Å². The lowest BCUT2D eigenvalue weighted by atomic mass is 9.73. The van der Waals surface area contributed by atoms with Gasteiger partial charge in [0, 0.05) is 0 Å². The van der Waals surface area contributed by atoms with Crippen LogP contribution in [-0.4, -0.2) is 11.6 Å². The molecule has 4 atom stereocenters. The Kier molecular flexibility index (Phi) is 3.61. The van der Waals surface area contributed by atoms with Gasteiger partial charge in [-0.2, -0.15) is 0 Å². The summed E-state index contributed by atoms with van der Waals surface area (Å²) < 4.78 is 6.11. The number of hydrogen-bond acceptors (Lipinski definition) is 2. The molecular formula is C17H28O2. The van der Waals surface area contributed by atoms with Crippen molar-refractivity contribution >= 4 is 5.97 Å². The topological polar surface area (TPSA) is 26.3 Å². The Morgan fingerprint density at radius 1 is 1.00 bits per heavy atom. The van der Waals surface area contributed by atoms with Gasteiger partial charge in [-0.05, 0) is 62.7 Å². The third-order valence-corrected chi connectivity index (χ3v) is 6.05. The van der Waals surface area contributed by atoms with E-state index >= 15 is 0 Å². The molecular weight excluding hydrogens is 236 g/mol. The number of carbonyl (C=O) groups is 1. The van der Waals surface area contributed by atoms with Gasteiger partial charge in [0.2, 0.25) is 0 Å². The monoisotopic (exact) mass is 264 g/mol. The Morgan fingerprint density at radius 2 is 1.74 bits per heavy atom. The molecule has 0 radical (unpaired) electrons. The Hall–Kier alpha value is -0.530. The molecule has 0 N–H and O–H groups in total. The zero-order valence-corrected chi connectivity index (χ0v) is 12.5. The largest absolute Gasteiger partial charge is 0.459 e. The second kappa shape index (κ2) is 5.10. The zero-order valence-electron chi connectivity index (χ0n) is 12.5. The van der Waals surface area contributed by atoms with Crippen molar-refractivity contribution in [2.45, 2.75) is 77.2 Å². The zero-order chi connectivity index (χ0) is 13.5. The molecule has 3 fully saturated rings. The minimum atomic E-state index is -0.0586. The summed E-state index contributed by atoms with van der Waals surface area (Å²) in [6.07, 6.45) is 10.9. The van der Waals surface area contributed by atoms with Gasteiger partial charge in [0.05, 0.1) is 5.92 Å². The molecule has 4 unspecified atom stereocenters. The molecule has 2 heteroatoms. The second-order valence-electron chi connectivity index (χ2n) is 7.52. The van der Waals surface area contributed by atoms with Gasteiger partial charge in [-0.3, -0.25) is 4.79 Å². The van der Waals surface area contributed by atoms with Gasteiger partial charge in [-0.15, -0.1) is 0 Å². The summed E-state index contributed by atoms with van der Waals surface area (Å²) in [5.74, 6) is 2.14. The van der Waals surface area contributed by atoms with Crippen molar-refractivity contribution in [2.75, 3.05) is 0 Å². The summed E-state index contributed by atoms with van der Waals surface area (Å²) in [5, 5.41) is 0. The minimum absolute atomic E-state index is 0.0586. The van der Waals surface area contributed by atoms with E-state index in [0.29, 0.717) is 11.8 Å². The van der Waals surface area contributed by atoms with Crippen LogP contribution in [0.4, 0.5) is 0 Å². The van der Waals surface area contributed by atoms with Crippen LogP contribution in [0.5, 0.6) is 0 Å². The highest BCUT2D eigenvalue weighted by Crippen LogP contribution is 2.48. The van der Waals surface area contributed by atoms with Crippen LogP contribution in [0.25, 0.3) is 0 Å². The van der Waals surface area contributed by atoms with Gasteiger partial charge in [0.15, 0.2) is 0 Å². The van der Waals surface area contributed by atoms with E-state index in [0.717, 1.165) is 25.2 Å². The van der Waals surface area contributed by atoms with Crippen LogP contribution in [0.2, 0.25) is 0 Å². The number of carbonyl (C=O) groups excluding carboxylic acids is 1. The van der Waals surface area contributed by atoms with E-state index in [1.807, 2.05) is 0 Å². The molecule has 0 spiro atoms. The lowest BCUT2D eigenvalue weighted by Gasteiger charge is -2.38. The van der Waals surface area contributed by atoms with Gasteiger partial charge >= 0.3 is 5.97 Å². The summed E-state index contributed by atoms with van der Waals surface area (Å²) in [7, 11) is 0. The van der Waals surface area contributed by atoms with E-state index in [-0.39, 0.29) is 17.5 Å². The fraction of sp³-hybridized carbons (Fsp3) is 0.941. The summed E-state index contributed by atoms with van der Waals surface area (Å²) in [5.41, 5.74) is -0.0586. The van der Waals surface area contributed by atoms with Crippen LogP contribution in [0.15, 0.2) is 0 Å². The molecule has 0 amide bonds. The molecule has 2 nitrogen and oxygen atoms in total. The van der Waals surface area contributed by atoms with Crippen LogP contribution in [0.1, 0.15) is 71.6 Å². The first kappa shape index (κ1) is 13.5. The Balaban J connectivity index is 1.67. The summed E-state index contributed by atoms with van der Waals surface area (Å²) in [6, 6.07) is 0. The molecule has 3 saturated carbocycles. The maximum absolute atomic E-state index is 12.6. The molecule has 108 valence electrons. The lowest BCUT2D eigenvalue weighted by molar-refractivity contribution is -0.172. The highest BCUT2D eigenvalue weighted by Gasteiger charge is 2.47. The first-order chi connectivity index (χ1) is 9.10. The molecule has 0 saturated heterocycles. The molecule has 19 heavy (non-hydrogen) atoms. The fourth-order valence-corrected chi connectivity index (χ4v) is 4.96. The second-order valence-corrected chi connectivity index (χ2v) is 7.52. The SMILES string of the molecule is CC1CCCC(C)C1C(=O)OC12CCCC(CC1)C2. The number of esters is 1. The lowest BCUT2D eigenvalue weighted by Crippen LogP contribution is -2.41. The first-order valence-electron chi connectivity index (χ1n) is 8.32. The molecule has 0 heterocycles. The minimum Gasteiger partial charge on any atom is -0.459 e. The average molecular weight is 264 g/mol.